The predicted molar refractivity (Wildman–Crippen MR) is 86.6 cm³/mol. The lowest BCUT2D eigenvalue weighted by molar-refractivity contribution is 0.233. The van der Waals surface area contributed by atoms with E-state index in [0.29, 0.717) is 12.0 Å². The van der Waals surface area contributed by atoms with Gasteiger partial charge in [-0.3, -0.25) is 4.18 Å². The minimum atomic E-state index is -3.77. The molecule has 0 saturated carbocycles. The van der Waals surface area contributed by atoms with Gasteiger partial charge in [-0.05, 0) is 40.5 Å². The molecule has 3 rings (SSSR count). The molecule has 0 N–H and O–H groups in total. The molecule has 0 spiro atoms. The normalized spacial score (nSPS) is 17.1. The van der Waals surface area contributed by atoms with Gasteiger partial charge in [0.1, 0.15) is 16.7 Å². The maximum Gasteiger partial charge on any atom is 0.297 e. The fourth-order valence-electron chi connectivity index (χ4n) is 2.64. The van der Waals surface area contributed by atoms with Crippen molar-refractivity contribution in [2.75, 3.05) is 7.11 Å². The Kier molecular flexibility index (Phi) is 4.01. The molecular weight excluding hydrogens is 368 g/mol. The molecule has 2 aromatic rings. The average molecular weight is 383 g/mol. The lowest BCUT2D eigenvalue weighted by atomic mass is 10.0. The van der Waals surface area contributed by atoms with Gasteiger partial charge < -0.3 is 4.74 Å². The zero-order valence-electron chi connectivity index (χ0n) is 12.2. The van der Waals surface area contributed by atoms with Gasteiger partial charge in [-0.15, -0.1) is 0 Å². The van der Waals surface area contributed by atoms with Crippen molar-refractivity contribution in [3.05, 3.63) is 57.6 Å². The molecular formula is C16H15BrO4S. The van der Waals surface area contributed by atoms with E-state index in [-0.39, 0.29) is 11.0 Å². The molecule has 0 radical (unpaired) electrons. The molecule has 0 saturated heterocycles. The van der Waals surface area contributed by atoms with Gasteiger partial charge in [0.15, 0.2) is 0 Å². The zero-order chi connectivity index (χ0) is 15.9. The van der Waals surface area contributed by atoms with E-state index in [2.05, 4.69) is 20.1 Å². The van der Waals surface area contributed by atoms with Crippen LogP contribution in [0.25, 0.3) is 0 Å². The van der Waals surface area contributed by atoms with Crippen molar-refractivity contribution in [2.45, 2.75) is 24.3 Å². The quantitative estimate of drug-likeness (QED) is 0.758. The molecule has 1 aliphatic rings. The van der Waals surface area contributed by atoms with Gasteiger partial charge in [-0.25, -0.2) is 0 Å². The average Bonchev–Trinajstić information content (AvgIpc) is 2.92. The smallest absolute Gasteiger partial charge is 0.297 e. The zero-order valence-corrected chi connectivity index (χ0v) is 14.6. The van der Waals surface area contributed by atoms with Crippen molar-refractivity contribution < 1.29 is 17.3 Å². The van der Waals surface area contributed by atoms with E-state index in [1.807, 2.05) is 31.2 Å². The van der Waals surface area contributed by atoms with Crippen molar-refractivity contribution in [3.8, 4) is 5.75 Å². The van der Waals surface area contributed by atoms with E-state index in [0.717, 1.165) is 21.3 Å². The van der Waals surface area contributed by atoms with E-state index in [4.69, 9.17) is 4.74 Å². The molecule has 0 amide bonds. The fourth-order valence-corrected chi connectivity index (χ4v) is 4.03. The lowest BCUT2D eigenvalue weighted by Crippen LogP contribution is -2.12. The van der Waals surface area contributed by atoms with Gasteiger partial charge in [0, 0.05) is 12.0 Å². The number of aryl methyl sites for hydroxylation is 1. The Morgan fingerprint density at radius 1 is 1.27 bits per heavy atom. The van der Waals surface area contributed by atoms with Gasteiger partial charge in [0.2, 0.25) is 0 Å². The summed E-state index contributed by atoms with van der Waals surface area (Å²) >= 11 is 3.47. The molecule has 1 atom stereocenters. The summed E-state index contributed by atoms with van der Waals surface area (Å²) in [5.74, 6) is 0.773. The lowest BCUT2D eigenvalue weighted by Gasteiger charge is -2.16. The summed E-state index contributed by atoms with van der Waals surface area (Å²) in [6, 6.07) is 11.0. The minimum Gasteiger partial charge on any atom is -0.484 e. The highest BCUT2D eigenvalue weighted by molar-refractivity contribution is 9.10. The Bertz CT molecular complexity index is 830. The highest BCUT2D eigenvalue weighted by atomic mass is 79.9. The molecule has 116 valence electrons. The summed E-state index contributed by atoms with van der Waals surface area (Å²) < 4.78 is 35.8. The number of hydrogen-bond acceptors (Lipinski definition) is 4. The van der Waals surface area contributed by atoms with Crippen LogP contribution in [-0.4, -0.2) is 15.5 Å². The Labute approximate surface area is 138 Å². The van der Waals surface area contributed by atoms with Crippen LogP contribution in [0.1, 0.15) is 22.8 Å². The van der Waals surface area contributed by atoms with Crippen LogP contribution in [0.2, 0.25) is 0 Å². The van der Waals surface area contributed by atoms with Crippen molar-refractivity contribution in [2.24, 2.45) is 0 Å². The number of benzene rings is 2. The van der Waals surface area contributed by atoms with E-state index < -0.39 is 10.1 Å². The van der Waals surface area contributed by atoms with Crippen LogP contribution in [0.3, 0.4) is 0 Å². The Morgan fingerprint density at radius 2 is 2.05 bits per heavy atom. The van der Waals surface area contributed by atoms with Crippen LogP contribution in [-0.2, 0) is 20.7 Å². The molecule has 2 aromatic carbocycles. The van der Waals surface area contributed by atoms with Crippen LogP contribution in [0.4, 0.5) is 0 Å². The van der Waals surface area contributed by atoms with E-state index in [1.165, 1.54) is 7.11 Å². The molecule has 4 nitrogen and oxygen atoms in total. The van der Waals surface area contributed by atoms with Gasteiger partial charge in [-0.2, -0.15) is 8.42 Å². The number of fused-ring (bicyclic) bond motifs is 1. The predicted octanol–water partition coefficient (Wildman–Crippen LogP) is 3.77. The second-order valence-electron chi connectivity index (χ2n) is 5.20. The molecule has 0 bridgehead atoms. The molecule has 1 heterocycles. The number of hydrogen-bond donors (Lipinski definition) is 0. The molecule has 0 aliphatic carbocycles. The van der Waals surface area contributed by atoms with Crippen LogP contribution < -0.4 is 4.74 Å². The Morgan fingerprint density at radius 3 is 2.73 bits per heavy atom. The first-order valence-corrected chi connectivity index (χ1v) is 8.97. The molecule has 1 aliphatic heterocycles. The molecule has 0 aromatic heterocycles. The molecule has 6 heteroatoms. The van der Waals surface area contributed by atoms with E-state index in [9.17, 15) is 8.42 Å². The highest BCUT2D eigenvalue weighted by Gasteiger charge is 2.31. The number of halogens is 1. The topological polar surface area (TPSA) is 52.6 Å². The highest BCUT2D eigenvalue weighted by Crippen LogP contribution is 2.42. The third-order valence-corrected chi connectivity index (χ3v) is 5.69. The summed E-state index contributed by atoms with van der Waals surface area (Å²) in [5.41, 5.74) is 2.66. The number of para-hydroxylation sites is 1. The Balaban J connectivity index is 2.08. The summed E-state index contributed by atoms with van der Waals surface area (Å²) in [6.07, 6.45) is 0.290. The summed E-state index contributed by atoms with van der Waals surface area (Å²) in [6.45, 7) is 1.92. The first-order valence-electron chi connectivity index (χ1n) is 6.77. The summed E-state index contributed by atoms with van der Waals surface area (Å²) in [5, 5.41) is 0. The maximum absolute atomic E-state index is 12.1. The second-order valence-corrected chi connectivity index (χ2v) is 7.74. The number of rotatable bonds is 3. The summed E-state index contributed by atoms with van der Waals surface area (Å²) in [4.78, 5) is 0.162. The number of ether oxygens (including phenoxy) is 1. The Hall–Kier alpha value is -1.37. The standard InChI is InChI=1S/C16H15BrO4S/c1-10-6-7-15(22(18,19)20-2)12(8-10)14-9-11-4-3-5-13(17)16(11)21-14/h3-8,14H,9H2,1-2H3. The summed E-state index contributed by atoms with van der Waals surface area (Å²) in [7, 11) is -2.61. The van der Waals surface area contributed by atoms with Crippen molar-refractivity contribution in [3.63, 3.8) is 0 Å². The molecule has 22 heavy (non-hydrogen) atoms. The first kappa shape index (κ1) is 15.5. The van der Waals surface area contributed by atoms with Crippen molar-refractivity contribution in [1.29, 1.82) is 0 Å². The van der Waals surface area contributed by atoms with Crippen molar-refractivity contribution >= 4 is 26.0 Å². The molecule has 0 fully saturated rings. The third-order valence-electron chi connectivity index (χ3n) is 3.71. The molecule has 1 unspecified atom stereocenters. The largest absolute Gasteiger partial charge is 0.484 e. The SMILES string of the molecule is COS(=O)(=O)c1ccc(C)cc1C1Cc2cccc(Br)c2O1. The second kappa shape index (κ2) is 5.68. The maximum atomic E-state index is 12.1. The van der Waals surface area contributed by atoms with Crippen LogP contribution in [0.5, 0.6) is 5.75 Å². The third kappa shape index (κ3) is 2.66. The van der Waals surface area contributed by atoms with Gasteiger partial charge in [-0.1, -0.05) is 29.8 Å². The van der Waals surface area contributed by atoms with Crippen LogP contribution in [0.15, 0.2) is 45.8 Å². The van der Waals surface area contributed by atoms with Gasteiger partial charge in [0.05, 0.1) is 11.6 Å². The van der Waals surface area contributed by atoms with Gasteiger partial charge >= 0.3 is 0 Å². The van der Waals surface area contributed by atoms with Gasteiger partial charge in [0.25, 0.3) is 10.1 Å². The van der Waals surface area contributed by atoms with Crippen LogP contribution in [0, 0.1) is 6.92 Å². The minimum absolute atomic E-state index is 0.162. The monoisotopic (exact) mass is 382 g/mol. The van der Waals surface area contributed by atoms with E-state index >= 15 is 0 Å². The van der Waals surface area contributed by atoms with Crippen LogP contribution >= 0.6 is 15.9 Å². The van der Waals surface area contributed by atoms with E-state index in [1.54, 1.807) is 12.1 Å². The fraction of sp³-hybridized carbons (Fsp3) is 0.250. The first-order chi connectivity index (χ1) is 10.4. The van der Waals surface area contributed by atoms with Crippen molar-refractivity contribution in [1.82, 2.24) is 0 Å².